The van der Waals surface area contributed by atoms with E-state index in [0.29, 0.717) is 18.4 Å². The molecular formula is C14H17N3O2. The third-order valence-corrected chi connectivity index (χ3v) is 3.51. The average molecular weight is 259 g/mol. The van der Waals surface area contributed by atoms with Gasteiger partial charge >= 0.3 is 0 Å². The second-order valence-electron chi connectivity index (χ2n) is 4.63. The minimum atomic E-state index is 0.0480. The van der Waals surface area contributed by atoms with Gasteiger partial charge in [-0.25, -0.2) is 0 Å². The Hall–Kier alpha value is -1.88. The molecule has 2 atom stereocenters. The maximum Gasteiger partial charge on any atom is 0.233 e. The Morgan fingerprint density at radius 2 is 2.21 bits per heavy atom. The topological polar surface area (TPSA) is 60.2 Å². The Morgan fingerprint density at radius 3 is 3.00 bits per heavy atom. The lowest BCUT2D eigenvalue weighted by Crippen LogP contribution is -2.15. The highest BCUT2D eigenvalue weighted by Crippen LogP contribution is 2.37. The van der Waals surface area contributed by atoms with Crippen LogP contribution in [0.2, 0.25) is 0 Å². The van der Waals surface area contributed by atoms with Gasteiger partial charge in [-0.05, 0) is 19.5 Å². The first kappa shape index (κ1) is 12.2. The predicted molar refractivity (Wildman–Crippen MR) is 70.2 cm³/mol. The van der Waals surface area contributed by atoms with Crippen molar-refractivity contribution in [3.8, 4) is 5.75 Å². The van der Waals surface area contributed by atoms with Crippen LogP contribution in [0.4, 0.5) is 0 Å². The molecule has 3 rings (SSSR count). The zero-order chi connectivity index (χ0) is 13.2. The largest absolute Gasteiger partial charge is 0.492 e. The number of nitrogens with zero attached hydrogens (tertiary/aromatic N) is 2. The normalized spacial score (nSPS) is 18.9. The van der Waals surface area contributed by atoms with Gasteiger partial charge in [0, 0.05) is 5.56 Å². The van der Waals surface area contributed by atoms with Gasteiger partial charge < -0.3 is 14.5 Å². The molecule has 1 aromatic carbocycles. The molecule has 1 N–H and O–H groups in total. The summed E-state index contributed by atoms with van der Waals surface area (Å²) in [7, 11) is 1.89. The summed E-state index contributed by atoms with van der Waals surface area (Å²) >= 11 is 0. The molecule has 0 saturated carbocycles. The van der Waals surface area contributed by atoms with Crippen LogP contribution in [0.3, 0.4) is 0 Å². The molecule has 0 radical (unpaired) electrons. The molecule has 0 amide bonds. The number of rotatable bonds is 4. The molecule has 1 aliphatic heterocycles. The molecule has 1 aromatic heterocycles. The summed E-state index contributed by atoms with van der Waals surface area (Å²) in [5, 5.41) is 11.5. The van der Waals surface area contributed by atoms with Crippen LogP contribution >= 0.6 is 0 Å². The van der Waals surface area contributed by atoms with E-state index in [9.17, 15) is 0 Å². The van der Waals surface area contributed by atoms with Crippen molar-refractivity contribution in [1.29, 1.82) is 0 Å². The highest BCUT2D eigenvalue weighted by Gasteiger charge is 2.30. The van der Waals surface area contributed by atoms with E-state index in [2.05, 4.69) is 22.4 Å². The number of fused-ring (bicyclic) bond motifs is 1. The maximum atomic E-state index is 5.80. The van der Waals surface area contributed by atoms with Gasteiger partial charge in [0.2, 0.25) is 11.8 Å². The fourth-order valence-corrected chi connectivity index (χ4v) is 2.40. The molecule has 0 spiro atoms. The Bertz CT molecular complexity index is 563. The molecule has 0 aliphatic carbocycles. The van der Waals surface area contributed by atoms with Crippen LogP contribution in [0, 0.1) is 0 Å². The summed E-state index contributed by atoms with van der Waals surface area (Å²) in [6.07, 6.45) is 0.913. The standard InChI is InChI=1S/C14H17N3O2/c1-3-11(15-2)14-17-16-13(19-14)10-8-18-12-7-5-4-6-9(10)12/h4-7,10-11,15H,3,8H2,1-2H3. The summed E-state index contributed by atoms with van der Waals surface area (Å²) in [6, 6.07) is 8.09. The van der Waals surface area contributed by atoms with Gasteiger partial charge in [0.05, 0.1) is 12.0 Å². The van der Waals surface area contributed by atoms with Crippen molar-refractivity contribution < 1.29 is 9.15 Å². The van der Waals surface area contributed by atoms with Crippen molar-refractivity contribution in [1.82, 2.24) is 15.5 Å². The smallest absolute Gasteiger partial charge is 0.233 e. The fraction of sp³-hybridized carbons (Fsp3) is 0.429. The minimum Gasteiger partial charge on any atom is -0.492 e. The van der Waals surface area contributed by atoms with Gasteiger partial charge in [0.1, 0.15) is 12.4 Å². The van der Waals surface area contributed by atoms with Crippen LogP contribution in [0.5, 0.6) is 5.75 Å². The summed E-state index contributed by atoms with van der Waals surface area (Å²) in [5.74, 6) is 2.23. The van der Waals surface area contributed by atoms with Gasteiger partial charge in [-0.1, -0.05) is 25.1 Å². The van der Waals surface area contributed by atoms with E-state index in [0.717, 1.165) is 17.7 Å². The Balaban J connectivity index is 1.88. The third kappa shape index (κ3) is 2.10. The summed E-state index contributed by atoms with van der Waals surface area (Å²) < 4.78 is 11.4. The van der Waals surface area contributed by atoms with Crippen LogP contribution in [0.1, 0.15) is 42.6 Å². The van der Waals surface area contributed by atoms with Gasteiger partial charge in [-0.2, -0.15) is 0 Å². The number of aromatic nitrogens is 2. The van der Waals surface area contributed by atoms with Crippen LogP contribution in [-0.4, -0.2) is 23.9 Å². The number of para-hydroxylation sites is 1. The first-order valence-electron chi connectivity index (χ1n) is 6.55. The molecule has 0 bridgehead atoms. The average Bonchev–Trinajstić information content (AvgIpc) is 3.06. The molecule has 5 heteroatoms. The van der Waals surface area contributed by atoms with Crippen LogP contribution in [0.25, 0.3) is 0 Å². The molecular weight excluding hydrogens is 242 g/mol. The van der Waals surface area contributed by atoms with Gasteiger partial charge in [0.15, 0.2) is 0 Å². The lowest BCUT2D eigenvalue weighted by molar-refractivity contribution is 0.314. The molecule has 0 fully saturated rings. The van der Waals surface area contributed by atoms with Gasteiger partial charge in [-0.3, -0.25) is 0 Å². The zero-order valence-corrected chi connectivity index (χ0v) is 11.1. The fourth-order valence-electron chi connectivity index (χ4n) is 2.40. The molecule has 2 aromatic rings. The number of benzene rings is 1. The van der Waals surface area contributed by atoms with Crippen LogP contribution in [-0.2, 0) is 0 Å². The van der Waals surface area contributed by atoms with Gasteiger partial charge in [-0.15, -0.1) is 10.2 Å². The van der Waals surface area contributed by atoms with Crippen LogP contribution in [0.15, 0.2) is 28.7 Å². The second-order valence-corrected chi connectivity index (χ2v) is 4.63. The predicted octanol–water partition coefficient (Wildman–Crippen LogP) is 2.26. The number of nitrogens with one attached hydrogen (secondary N) is 1. The lowest BCUT2D eigenvalue weighted by Gasteiger charge is -2.08. The van der Waals surface area contributed by atoms with Crippen molar-refractivity contribution in [2.24, 2.45) is 0 Å². The number of hydrogen-bond donors (Lipinski definition) is 1. The second kappa shape index (κ2) is 5.01. The van der Waals surface area contributed by atoms with E-state index in [1.54, 1.807) is 0 Å². The first-order chi connectivity index (χ1) is 9.33. The summed E-state index contributed by atoms with van der Waals surface area (Å²) in [4.78, 5) is 0. The molecule has 1 aliphatic rings. The molecule has 2 heterocycles. The van der Waals surface area contributed by atoms with Crippen molar-refractivity contribution in [3.05, 3.63) is 41.6 Å². The molecule has 100 valence electrons. The Kier molecular flexibility index (Phi) is 3.21. The van der Waals surface area contributed by atoms with E-state index in [1.807, 2.05) is 31.3 Å². The van der Waals surface area contributed by atoms with E-state index >= 15 is 0 Å². The minimum absolute atomic E-state index is 0.0480. The SMILES string of the molecule is CCC(NC)c1nnc(C2COc3ccccc32)o1. The van der Waals surface area contributed by atoms with Crippen molar-refractivity contribution >= 4 is 0 Å². The van der Waals surface area contributed by atoms with Crippen LogP contribution < -0.4 is 10.1 Å². The summed E-state index contributed by atoms with van der Waals surface area (Å²) in [6.45, 7) is 2.65. The highest BCUT2D eigenvalue weighted by molar-refractivity contribution is 5.42. The lowest BCUT2D eigenvalue weighted by atomic mass is 10.0. The van der Waals surface area contributed by atoms with E-state index in [-0.39, 0.29) is 12.0 Å². The third-order valence-electron chi connectivity index (χ3n) is 3.51. The van der Waals surface area contributed by atoms with Crippen molar-refractivity contribution in [2.75, 3.05) is 13.7 Å². The summed E-state index contributed by atoms with van der Waals surface area (Å²) in [5.41, 5.74) is 1.12. The highest BCUT2D eigenvalue weighted by atomic mass is 16.5. The zero-order valence-electron chi connectivity index (χ0n) is 11.1. The molecule has 0 saturated heterocycles. The Morgan fingerprint density at radius 1 is 1.37 bits per heavy atom. The van der Waals surface area contributed by atoms with E-state index in [1.165, 1.54) is 0 Å². The van der Waals surface area contributed by atoms with E-state index < -0.39 is 0 Å². The number of hydrogen-bond acceptors (Lipinski definition) is 5. The first-order valence-corrected chi connectivity index (χ1v) is 6.55. The monoisotopic (exact) mass is 259 g/mol. The molecule has 5 nitrogen and oxygen atoms in total. The maximum absolute atomic E-state index is 5.80. The molecule has 2 unspecified atom stereocenters. The van der Waals surface area contributed by atoms with E-state index in [4.69, 9.17) is 9.15 Å². The number of ether oxygens (including phenoxy) is 1. The van der Waals surface area contributed by atoms with Crippen molar-refractivity contribution in [3.63, 3.8) is 0 Å². The quantitative estimate of drug-likeness (QED) is 0.912. The molecule has 19 heavy (non-hydrogen) atoms. The van der Waals surface area contributed by atoms with Gasteiger partial charge in [0.25, 0.3) is 0 Å². The Labute approximate surface area is 112 Å². The van der Waals surface area contributed by atoms with Crippen molar-refractivity contribution in [2.45, 2.75) is 25.3 Å².